The number of carbonyl (C=O) groups is 1. The number of benzene rings is 2. The summed E-state index contributed by atoms with van der Waals surface area (Å²) < 4.78 is 31.1. The molecule has 168 valence electrons. The third-order valence-electron chi connectivity index (χ3n) is 5.34. The number of anilines is 1. The minimum Gasteiger partial charge on any atom is -0.481 e. The Morgan fingerprint density at radius 2 is 1.84 bits per heavy atom. The van der Waals surface area contributed by atoms with Crippen molar-refractivity contribution in [3.63, 3.8) is 0 Å². The zero-order valence-corrected chi connectivity index (χ0v) is 18.8. The van der Waals surface area contributed by atoms with Crippen LogP contribution in [0.1, 0.15) is 30.9 Å². The van der Waals surface area contributed by atoms with Gasteiger partial charge in [-0.15, -0.1) is 0 Å². The van der Waals surface area contributed by atoms with Gasteiger partial charge in [-0.2, -0.15) is 0 Å². The Bertz CT molecular complexity index is 1010. The van der Waals surface area contributed by atoms with E-state index in [1.807, 2.05) is 12.1 Å². The van der Waals surface area contributed by atoms with Crippen molar-refractivity contribution in [3.8, 4) is 5.75 Å². The molecule has 0 fully saturated rings. The van der Waals surface area contributed by atoms with Crippen LogP contribution in [0, 0.1) is 0 Å². The van der Waals surface area contributed by atoms with Gasteiger partial charge in [0.15, 0.2) is 11.9 Å². The van der Waals surface area contributed by atoms with Crippen LogP contribution in [0.2, 0.25) is 0 Å². The first kappa shape index (κ1) is 23.2. The second-order valence-electron chi connectivity index (χ2n) is 8.04. The van der Waals surface area contributed by atoms with Gasteiger partial charge in [-0.3, -0.25) is 14.4 Å². The Hall–Kier alpha value is -2.42. The van der Waals surface area contributed by atoms with Crippen molar-refractivity contribution in [3.05, 3.63) is 59.7 Å². The third-order valence-corrected chi connectivity index (χ3v) is 5.93. The molecule has 0 aliphatic carbocycles. The number of hydrogen-bond donors (Lipinski definition) is 2. The van der Waals surface area contributed by atoms with Crippen molar-refractivity contribution in [2.45, 2.75) is 44.9 Å². The summed E-state index contributed by atoms with van der Waals surface area (Å²) in [6, 6.07) is 14.9. The molecular weight excluding hydrogens is 416 g/mol. The highest BCUT2D eigenvalue weighted by molar-refractivity contribution is 7.92. The van der Waals surface area contributed by atoms with E-state index in [9.17, 15) is 18.3 Å². The van der Waals surface area contributed by atoms with Crippen molar-refractivity contribution >= 4 is 21.5 Å². The molecule has 2 atom stereocenters. The topological polar surface area (TPSA) is 95.9 Å². The molecule has 1 aliphatic heterocycles. The predicted octanol–water partition coefficient (Wildman–Crippen LogP) is 2.59. The fourth-order valence-corrected chi connectivity index (χ4v) is 4.29. The molecule has 1 heterocycles. The average molecular weight is 447 g/mol. The van der Waals surface area contributed by atoms with E-state index in [4.69, 9.17) is 4.74 Å². The summed E-state index contributed by atoms with van der Waals surface area (Å²) in [5, 5.41) is 10.4. The number of nitrogens with one attached hydrogen (secondary N) is 1. The molecule has 31 heavy (non-hydrogen) atoms. The minimum absolute atomic E-state index is 0.141. The van der Waals surface area contributed by atoms with E-state index in [0.717, 1.165) is 25.8 Å². The minimum atomic E-state index is -3.46. The van der Waals surface area contributed by atoms with Crippen LogP contribution in [-0.2, 0) is 27.8 Å². The Morgan fingerprint density at radius 1 is 1.16 bits per heavy atom. The lowest BCUT2D eigenvalue weighted by molar-refractivity contribution is -0.125. The molecule has 0 saturated heterocycles. The maximum absolute atomic E-state index is 12.5. The molecule has 0 bridgehead atoms. The van der Waals surface area contributed by atoms with Gasteiger partial charge >= 0.3 is 0 Å². The quantitative estimate of drug-likeness (QED) is 0.582. The van der Waals surface area contributed by atoms with E-state index < -0.39 is 22.2 Å². The Labute approximate surface area is 184 Å². The highest BCUT2D eigenvalue weighted by Crippen LogP contribution is 2.26. The van der Waals surface area contributed by atoms with E-state index in [0.29, 0.717) is 18.7 Å². The summed E-state index contributed by atoms with van der Waals surface area (Å²) in [6.45, 7) is 3.86. The average Bonchev–Trinajstić information content (AvgIpc) is 2.72. The Morgan fingerprint density at radius 3 is 2.58 bits per heavy atom. The van der Waals surface area contributed by atoms with Crippen molar-refractivity contribution in [2.24, 2.45) is 0 Å². The van der Waals surface area contributed by atoms with Crippen molar-refractivity contribution < 1.29 is 23.1 Å². The molecule has 8 heteroatoms. The van der Waals surface area contributed by atoms with Crippen LogP contribution in [0.15, 0.2) is 48.5 Å². The third kappa shape index (κ3) is 7.05. The van der Waals surface area contributed by atoms with Crippen LogP contribution in [0.3, 0.4) is 0 Å². The summed E-state index contributed by atoms with van der Waals surface area (Å²) in [4.78, 5) is 14.7. The monoisotopic (exact) mass is 446 g/mol. The van der Waals surface area contributed by atoms with Crippen LogP contribution in [-0.4, -0.2) is 55.8 Å². The molecule has 3 rings (SSSR count). The van der Waals surface area contributed by atoms with E-state index in [2.05, 4.69) is 21.8 Å². The molecular formula is C23H30N2O5S. The number of Topliss-reactive ketones (excluding diaryl/α,β-unsaturated/α-hetero) is 1. The van der Waals surface area contributed by atoms with Crippen molar-refractivity contribution in [1.82, 2.24) is 4.90 Å². The summed E-state index contributed by atoms with van der Waals surface area (Å²) in [5.41, 5.74) is 2.94. The number of sulfonamides is 1. The van der Waals surface area contributed by atoms with Crippen molar-refractivity contribution in [2.75, 3.05) is 24.1 Å². The lowest BCUT2D eigenvalue weighted by atomic mass is 9.99. The number of hydrogen-bond acceptors (Lipinski definition) is 6. The zero-order chi connectivity index (χ0) is 22.4. The van der Waals surface area contributed by atoms with Gasteiger partial charge in [-0.05, 0) is 43.0 Å². The SMILES string of the molecule is CC(Oc1ccccc1NS(C)(=O)=O)C(=O)CCC(O)CN1CCc2ccccc2C1. The van der Waals surface area contributed by atoms with Gasteiger partial charge in [0.1, 0.15) is 5.75 Å². The Kier molecular flexibility index (Phi) is 7.69. The molecule has 0 amide bonds. The van der Waals surface area contributed by atoms with Gasteiger partial charge in [0.2, 0.25) is 10.0 Å². The number of β-amino-alcohol motifs (C(OH)–C–C–N with tert-alkyl or cyclic N) is 1. The van der Waals surface area contributed by atoms with Gasteiger partial charge in [-0.1, -0.05) is 36.4 Å². The number of nitrogens with zero attached hydrogens (tertiary/aromatic N) is 1. The molecule has 0 aromatic heterocycles. The number of aliphatic hydroxyl groups is 1. The number of carbonyl (C=O) groups excluding carboxylic acids is 1. The first-order valence-corrected chi connectivity index (χ1v) is 12.3. The Balaban J connectivity index is 1.47. The summed E-state index contributed by atoms with van der Waals surface area (Å²) in [5.74, 6) is 0.151. The van der Waals surface area contributed by atoms with Gasteiger partial charge in [0.25, 0.3) is 0 Å². The van der Waals surface area contributed by atoms with E-state index in [-0.39, 0.29) is 17.9 Å². The second kappa shape index (κ2) is 10.3. The highest BCUT2D eigenvalue weighted by atomic mass is 32.2. The summed E-state index contributed by atoms with van der Waals surface area (Å²) >= 11 is 0. The van der Waals surface area contributed by atoms with Crippen molar-refractivity contribution in [1.29, 1.82) is 0 Å². The predicted molar refractivity (Wildman–Crippen MR) is 121 cm³/mol. The van der Waals surface area contributed by atoms with Crippen LogP contribution >= 0.6 is 0 Å². The van der Waals surface area contributed by atoms with Crippen LogP contribution in [0.5, 0.6) is 5.75 Å². The first-order valence-electron chi connectivity index (χ1n) is 10.4. The van der Waals surface area contributed by atoms with Gasteiger partial charge in [-0.25, -0.2) is 8.42 Å². The second-order valence-corrected chi connectivity index (χ2v) is 9.79. The number of fused-ring (bicyclic) bond motifs is 1. The maximum Gasteiger partial charge on any atom is 0.229 e. The largest absolute Gasteiger partial charge is 0.481 e. The smallest absolute Gasteiger partial charge is 0.229 e. The molecule has 0 radical (unpaired) electrons. The highest BCUT2D eigenvalue weighted by Gasteiger charge is 2.21. The van der Waals surface area contributed by atoms with Gasteiger partial charge in [0.05, 0.1) is 18.0 Å². The lowest BCUT2D eigenvalue weighted by Crippen LogP contribution is -2.37. The standard InChI is InChI=1S/C23H30N2O5S/c1-17(30-23-10-6-5-9-21(23)24-31(2,28)29)22(27)12-11-20(26)16-25-14-13-18-7-3-4-8-19(18)15-25/h3-10,17,20,24,26H,11-16H2,1-2H3. The number of para-hydroxylation sites is 2. The summed E-state index contributed by atoms with van der Waals surface area (Å²) in [7, 11) is -3.46. The lowest BCUT2D eigenvalue weighted by Gasteiger charge is -2.30. The molecule has 2 N–H and O–H groups in total. The fourth-order valence-electron chi connectivity index (χ4n) is 3.72. The maximum atomic E-state index is 12.5. The molecule has 7 nitrogen and oxygen atoms in total. The van der Waals surface area contributed by atoms with E-state index in [1.165, 1.54) is 11.1 Å². The molecule has 0 saturated carbocycles. The number of ether oxygens (including phenoxy) is 1. The van der Waals surface area contributed by atoms with Crippen LogP contribution in [0.25, 0.3) is 0 Å². The first-order chi connectivity index (χ1) is 14.7. The number of ketones is 1. The van der Waals surface area contributed by atoms with Crippen LogP contribution in [0.4, 0.5) is 5.69 Å². The van der Waals surface area contributed by atoms with Gasteiger partial charge < -0.3 is 9.84 Å². The molecule has 2 unspecified atom stereocenters. The zero-order valence-electron chi connectivity index (χ0n) is 18.0. The van der Waals surface area contributed by atoms with E-state index in [1.54, 1.807) is 31.2 Å². The molecule has 2 aromatic carbocycles. The molecule has 0 spiro atoms. The van der Waals surface area contributed by atoms with E-state index >= 15 is 0 Å². The molecule has 1 aliphatic rings. The summed E-state index contributed by atoms with van der Waals surface area (Å²) in [6.07, 6.45) is 1.22. The number of rotatable bonds is 10. The fraction of sp³-hybridized carbons (Fsp3) is 0.435. The normalized spacial score (nSPS) is 16.2. The van der Waals surface area contributed by atoms with Gasteiger partial charge in [0, 0.05) is 26.1 Å². The molecule has 2 aromatic rings. The van der Waals surface area contributed by atoms with Crippen LogP contribution < -0.4 is 9.46 Å². The number of aliphatic hydroxyl groups excluding tert-OH is 1.